The van der Waals surface area contributed by atoms with Gasteiger partial charge in [0.25, 0.3) is 0 Å². The van der Waals surface area contributed by atoms with E-state index in [2.05, 4.69) is 5.32 Å². The van der Waals surface area contributed by atoms with Crippen LogP contribution in [0.1, 0.15) is 13.3 Å². The SMILES string of the molecule is CCC(C(N)=O)N1CC(=O)Nc2ccccc21. The van der Waals surface area contributed by atoms with Crippen LogP contribution in [-0.2, 0) is 9.59 Å². The minimum atomic E-state index is -0.442. The van der Waals surface area contributed by atoms with Crippen LogP contribution < -0.4 is 16.0 Å². The highest BCUT2D eigenvalue weighted by molar-refractivity contribution is 6.02. The van der Waals surface area contributed by atoms with Gasteiger partial charge < -0.3 is 16.0 Å². The van der Waals surface area contributed by atoms with Gasteiger partial charge >= 0.3 is 0 Å². The molecule has 0 radical (unpaired) electrons. The first-order chi connectivity index (χ1) is 8.13. The van der Waals surface area contributed by atoms with Crippen molar-refractivity contribution in [2.45, 2.75) is 19.4 Å². The molecule has 0 aromatic heterocycles. The van der Waals surface area contributed by atoms with Crippen LogP contribution in [-0.4, -0.2) is 24.4 Å². The summed E-state index contributed by atoms with van der Waals surface area (Å²) >= 11 is 0. The van der Waals surface area contributed by atoms with Gasteiger partial charge in [0.1, 0.15) is 6.04 Å². The molecule has 1 aliphatic heterocycles. The lowest BCUT2D eigenvalue weighted by Crippen LogP contribution is -2.50. The van der Waals surface area contributed by atoms with Crippen LogP contribution in [0.5, 0.6) is 0 Å². The van der Waals surface area contributed by atoms with Crippen molar-refractivity contribution in [3.05, 3.63) is 24.3 Å². The number of nitrogens with zero attached hydrogens (tertiary/aromatic N) is 1. The van der Waals surface area contributed by atoms with Gasteiger partial charge in [-0.05, 0) is 18.6 Å². The Morgan fingerprint density at radius 2 is 2.24 bits per heavy atom. The predicted octanol–water partition coefficient (Wildman–Crippen LogP) is 0.709. The Morgan fingerprint density at radius 1 is 1.53 bits per heavy atom. The molecular formula is C12H15N3O2. The number of nitrogens with one attached hydrogen (secondary N) is 1. The molecule has 1 atom stereocenters. The molecular weight excluding hydrogens is 218 g/mol. The third-order valence-electron chi connectivity index (χ3n) is 2.89. The number of primary amides is 1. The number of hydrogen-bond donors (Lipinski definition) is 2. The quantitative estimate of drug-likeness (QED) is 0.807. The molecule has 2 rings (SSSR count). The topological polar surface area (TPSA) is 75.4 Å². The van der Waals surface area contributed by atoms with Crippen LogP contribution in [0.15, 0.2) is 24.3 Å². The fourth-order valence-corrected chi connectivity index (χ4v) is 2.11. The summed E-state index contributed by atoms with van der Waals surface area (Å²) in [6.07, 6.45) is 0.580. The fourth-order valence-electron chi connectivity index (χ4n) is 2.11. The lowest BCUT2D eigenvalue weighted by atomic mass is 10.1. The molecule has 17 heavy (non-hydrogen) atoms. The Labute approximate surface area is 99.6 Å². The summed E-state index contributed by atoms with van der Waals surface area (Å²) in [5.41, 5.74) is 6.94. The molecule has 0 saturated heterocycles. The van der Waals surface area contributed by atoms with Crippen molar-refractivity contribution >= 4 is 23.2 Å². The van der Waals surface area contributed by atoms with E-state index in [9.17, 15) is 9.59 Å². The molecule has 5 nitrogen and oxygen atoms in total. The van der Waals surface area contributed by atoms with E-state index in [4.69, 9.17) is 5.73 Å². The summed E-state index contributed by atoms with van der Waals surface area (Å²) in [6.45, 7) is 2.04. The Hall–Kier alpha value is -2.04. The molecule has 0 spiro atoms. The Balaban J connectivity index is 2.41. The number of nitrogens with two attached hydrogens (primary N) is 1. The predicted molar refractivity (Wildman–Crippen MR) is 65.7 cm³/mol. The summed E-state index contributed by atoms with van der Waals surface area (Å²) in [6, 6.07) is 6.96. The van der Waals surface area contributed by atoms with E-state index in [1.54, 1.807) is 4.90 Å². The van der Waals surface area contributed by atoms with Crippen molar-refractivity contribution < 1.29 is 9.59 Å². The van der Waals surface area contributed by atoms with Crippen LogP contribution >= 0.6 is 0 Å². The highest BCUT2D eigenvalue weighted by Crippen LogP contribution is 2.30. The van der Waals surface area contributed by atoms with Gasteiger partial charge in [-0.3, -0.25) is 9.59 Å². The minimum Gasteiger partial charge on any atom is -0.368 e. The van der Waals surface area contributed by atoms with Crippen LogP contribution in [0.3, 0.4) is 0 Å². The first-order valence-electron chi connectivity index (χ1n) is 5.58. The normalized spacial score (nSPS) is 16.1. The zero-order valence-electron chi connectivity index (χ0n) is 9.64. The second kappa shape index (κ2) is 4.45. The van der Waals surface area contributed by atoms with E-state index in [0.29, 0.717) is 6.42 Å². The highest BCUT2D eigenvalue weighted by atomic mass is 16.2. The average molecular weight is 233 g/mol. The van der Waals surface area contributed by atoms with Crippen molar-refractivity contribution in [1.29, 1.82) is 0 Å². The molecule has 1 aromatic carbocycles. The molecule has 0 fully saturated rings. The molecule has 1 aromatic rings. The van der Waals surface area contributed by atoms with Crippen molar-refractivity contribution in [2.24, 2.45) is 5.73 Å². The van der Waals surface area contributed by atoms with Crippen molar-refractivity contribution in [3.63, 3.8) is 0 Å². The summed E-state index contributed by atoms with van der Waals surface area (Å²) in [5.74, 6) is -0.527. The molecule has 0 saturated carbocycles. The number of fused-ring (bicyclic) bond motifs is 1. The molecule has 5 heteroatoms. The zero-order valence-corrected chi connectivity index (χ0v) is 9.64. The van der Waals surface area contributed by atoms with Gasteiger partial charge in [-0.2, -0.15) is 0 Å². The third-order valence-corrected chi connectivity index (χ3v) is 2.89. The van der Waals surface area contributed by atoms with E-state index < -0.39 is 11.9 Å². The summed E-state index contributed by atoms with van der Waals surface area (Å²) in [4.78, 5) is 24.7. The second-order valence-electron chi connectivity index (χ2n) is 4.02. The minimum absolute atomic E-state index is 0.122. The van der Waals surface area contributed by atoms with Gasteiger partial charge in [0.15, 0.2) is 0 Å². The van der Waals surface area contributed by atoms with Gasteiger partial charge in [0.05, 0.1) is 17.9 Å². The van der Waals surface area contributed by atoms with E-state index in [-0.39, 0.29) is 12.5 Å². The first-order valence-corrected chi connectivity index (χ1v) is 5.58. The molecule has 0 bridgehead atoms. The Kier molecular flexibility index (Phi) is 2.99. The van der Waals surface area contributed by atoms with Gasteiger partial charge in [-0.1, -0.05) is 19.1 Å². The zero-order chi connectivity index (χ0) is 12.4. The smallest absolute Gasteiger partial charge is 0.243 e. The molecule has 2 amide bonds. The largest absolute Gasteiger partial charge is 0.368 e. The molecule has 1 unspecified atom stereocenters. The summed E-state index contributed by atoms with van der Waals surface area (Å²) < 4.78 is 0. The molecule has 1 heterocycles. The van der Waals surface area contributed by atoms with E-state index >= 15 is 0 Å². The Bertz CT molecular complexity index is 459. The maximum absolute atomic E-state index is 11.6. The molecule has 0 aliphatic carbocycles. The maximum Gasteiger partial charge on any atom is 0.243 e. The average Bonchev–Trinajstić information content (AvgIpc) is 2.29. The number of anilines is 2. The molecule has 90 valence electrons. The third kappa shape index (κ3) is 2.08. The molecule has 1 aliphatic rings. The van der Waals surface area contributed by atoms with Crippen LogP contribution in [0.2, 0.25) is 0 Å². The lowest BCUT2D eigenvalue weighted by molar-refractivity contribution is -0.119. The van der Waals surface area contributed by atoms with Crippen LogP contribution in [0, 0.1) is 0 Å². The number of carbonyl (C=O) groups excluding carboxylic acids is 2. The van der Waals surface area contributed by atoms with Gasteiger partial charge in [0, 0.05) is 0 Å². The number of rotatable bonds is 3. The van der Waals surface area contributed by atoms with Crippen molar-refractivity contribution in [1.82, 2.24) is 0 Å². The first kappa shape index (κ1) is 11.4. The number of amides is 2. The number of benzene rings is 1. The second-order valence-corrected chi connectivity index (χ2v) is 4.02. The fraction of sp³-hybridized carbons (Fsp3) is 0.333. The van der Waals surface area contributed by atoms with Crippen molar-refractivity contribution in [2.75, 3.05) is 16.8 Å². The van der Waals surface area contributed by atoms with Gasteiger partial charge in [0.2, 0.25) is 11.8 Å². The van der Waals surface area contributed by atoms with E-state index in [0.717, 1.165) is 11.4 Å². The van der Waals surface area contributed by atoms with Crippen LogP contribution in [0.4, 0.5) is 11.4 Å². The summed E-state index contributed by atoms with van der Waals surface area (Å²) in [5, 5.41) is 2.78. The van der Waals surface area contributed by atoms with E-state index in [1.165, 1.54) is 0 Å². The van der Waals surface area contributed by atoms with Gasteiger partial charge in [-0.15, -0.1) is 0 Å². The Morgan fingerprint density at radius 3 is 2.88 bits per heavy atom. The monoisotopic (exact) mass is 233 g/mol. The number of carbonyl (C=O) groups is 2. The maximum atomic E-state index is 11.6. The summed E-state index contributed by atoms with van der Waals surface area (Å²) in [7, 11) is 0. The highest BCUT2D eigenvalue weighted by Gasteiger charge is 2.29. The number of para-hydroxylation sites is 2. The standard InChI is InChI=1S/C12H15N3O2/c1-2-9(12(13)17)15-7-11(16)14-8-5-3-4-6-10(8)15/h3-6,9H,2,7H2,1H3,(H2,13,17)(H,14,16). The number of hydrogen-bond acceptors (Lipinski definition) is 3. The van der Waals surface area contributed by atoms with Crippen molar-refractivity contribution in [3.8, 4) is 0 Å². The van der Waals surface area contributed by atoms with Gasteiger partial charge in [-0.25, -0.2) is 0 Å². The lowest BCUT2D eigenvalue weighted by Gasteiger charge is -2.35. The van der Waals surface area contributed by atoms with Crippen LogP contribution in [0.25, 0.3) is 0 Å². The molecule has 3 N–H and O–H groups in total. The van der Waals surface area contributed by atoms with E-state index in [1.807, 2.05) is 31.2 Å².